The van der Waals surface area contributed by atoms with E-state index in [-0.39, 0.29) is 5.82 Å². The summed E-state index contributed by atoms with van der Waals surface area (Å²) < 4.78 is 18.5. The standard InChI is InChI=1S/C12H17FN2O/c1-9(2)5-6-16-12-4-3-11(13)7-10(12)8-15-14/h3-4,7-9H,5-6,14H2,1-2H3. The predicted molar refractivity (Wildman–Crippen MR) is 63.1 cm³/mol. The van der Waals surface area contributed by atoms with Gasteiger partial charge in [-0.2, -0.15) is 5.10 Å². The van der Waals surface area contributed by atoms with Crippen LogP contribution in [0.1, 0.15) is 25.8 Å². The molecule has 1 rings (SSSR count). The van der Waals surface area contributed by atoms with Crippen LogP contribution >= 0.6 is 0 Å². The fourth-order valence-electron chi connectivity index (χ4n) is 1.24. The number of nitrogens with zero attached hydrogens (tertiary/aromatic N) is 1. The van der Waals surface area contributed by atoms with Crippen LogP contribution in [0, 0.1) is 11.7 Å². The smallest absolute Gasteiger partial charge is 0.128 e. The number of hydrogen-bond acceptors (Lipinski definition) is 3. The molecule has 0 aliphatic rings. The van der Waals surface area contributed by atoms with Crippen molar-refractivity contribution < 1.29 is 9.13 Å². The Hall–Kier alpha value is -1.58. The molecule has 1 aromatic carbocycles. The number of rotatable bonds is 5. The van der Waals surface area contributed by atoms with Gasteiger partial charge in [0.1, 0.15) is 11.6 Å². The zero-order valence-corrected chi connectivity index (χ0v) is 9.61. The first kappa shape index (κ1) is 12.5. The molecular weight excluding hydrogens is 207 g/mol. The summed E-state index contributed by atoms with van der Waals surface area (Å²) in [6, 6.07) is 4.30. The van der Waals surface area contributed by atoms with Crippen LogP contribution < -0.4 is 10.6 Å². The normalized spacial score (nSPS) is 11.2. The molecule has 88 valence electrons. The Bertz CT molecular complexity index is 364. The molecule has 0 aliphatic carbocycles. The molecule has 0 radical (unpaired) electrons. The highest BCUT2D eigenvalue weighted by Gasteiger charge is 2.04. The van der Waals surface area contributed by atoms with Crippen LogP contribution in [0.3, 0.4) is 0 Å². The number of nitrogens with two attached hydrogens (primary N) is 1. The fourth-order valence-corrected chi connectivity index (χ4v) is 1.24. The lowest BCUT2D eigenvalue weighted by atomic mass is 10.1. The van der Waals surface area contributed by atoms with Gasteiger partial charge in [0.15, 0.2) is 0 Å². The van der Waals surface area contributed by atoms with E-state index in [1.807, 2.05) is 0 Å². The summed E-state index contributed by atoms with van der Waals surface area (Å²) in [5.41, 5.74) is 0.561. The van der Waals surface area contributed by atoms with Gasteiger partial charge in [-0.25, -0.2) is 4.39 Å². The first-order chi connectivity index (χ1) is 7.63. The third-order valence-electron chi connectivity index (χ3n) is 2.14. The molecule has 0 aromatic heterocycles. The summed E-state index contributed by atoms with van der Waals surface area (Å²) in [6.07, 6.45) is 2.34. The highest BCUT2D eigenvalue weighted by molar-refractivity contribution is 5.83. The molecule has 0 aliphatic heterocycles. The van der Waals surface area contributed by atoms with E-state index >= 15 is 0 Å². The van der Waals surface area contributed by atoms with E-state index in [0.717, 1.165) is 6.42 Å². The number of hydrazone groups is 1. The van der Waals surface area contributed by atoms with Crippen LogP contribution in [0.2, 0.25) is 0 Å². The third-order valence-corrected chi connectivity index (χ3v) is 2.14. The van der Waals surface area contributed by atoms with Crippen LogP contribution in [-0.4, -0.2) is 12.8 Å². The predicted octanol–water partition coefficient (Wildman–Crippen LogP) is 2.54. The monoisotopic (exact) mass is 224 g/mol. The van der Waals surface area contributed by atoms with Gasteiger partial charge in [-0.1, -0.05) is 13.8 Å². The van der Waals surface area contributed by atoms with Crippen molar-refractivity contribution in [2.24, 2.45) is 16.9 Å². The van der Waals surface area contributed by atoms with Crippen LogP contribution in [0.15, 0.2) is 23.3 Å². The molecule has 0 saturated carbocycles. The van der Waals surface area contributed by atoms with Gasteiger partial charge in [0.2, 0.25) is 0 Å². The number of ether oxygens (including phenoxy) is 1. The lowest BCUT2D eigenvalue weighted by Gasteiger charge is -2.10. The SMILES string of the molecule is CC(C)CCOc1ccc(F)cc1C=NN. The Labute approximate surface area is 95.1 Å². The molecule has 0 amide bonds. The lowest BCUT2D eigenvalue weighted by Crippen LogP contribution is -2.03. The van der Waals surface area contributed by atoms with E-state index in [0.29, 0.717) is 23.8 Å². The van der Waals surface area contributed by atoms with Crippen LogP contribution in [0.25, 0.3) is 0 Å². The molecule has 2 N–H and O–H groups in total. The summed E-state index contributed by atoms with van der Waals surface area (Å²) in [5, 5.41) is 3.38. The molecule has 0 bridgehead atoms. The molecule has 0 fully saturated rings. The van der Waals surface area contributed by atoms with Crippen molar-refractivity contribution in [2.45, 2.75) is 20.3 Å². The Kier molecular flexibility index (Phi) is 4.76. The minimum Gasteiger partial charge on any atom is -0.493 e. The molecule has 4 heteroatoms. The van der Waals surface area contributed by atoms with E-state index in [9.17, 15) is 4.39 Å². The van der Waals surface area contributed by atoms with Crippen LogP contribution in [0.5, 0.6) is 5.75 Å². The second-order valence-corrected chi connectivity index (χ2v) is 3.99. The molecule has 0 heterocycles. The average molecular weight is 224 g/mol. The zero-order valence-electron chi connectivity index (χ0n) is 9.61. The molecule has 16 heavy (non-hydrogen) atoms. The fraction of sp³-hybridized carbons (Fsp3) is 0.417. The summed E-state index contributed by atoms with van der Waals surface area (Å²) in [4.78, 5) is 0. The summed E-state index contributed by atoms with van der Waals surface area (Å²) in [5.74, 6) is 5.90. The minimum absolute atomic E-state index is 0.328. The van der Waals surface area contributed by atoms with Crippen molar-refractivity contribution >= 4 is 6.21 Å². The van der Waals surface area contributed by atoms with Gasteiger partial charge in [-0.15, -0.1) is 0 Å². The second kappa shape index (κ2) is 6.10. The Morgan fingerprint density at radius 2 is 2.25 bits per heavy atom. The highest BCUT2D eigenvalue weighted by atomic mass is 19.1. The first-order valence-electron chi connectivity index (χ1n) is 5.29. The van der Waals surface area contributed by atoms with Gasteiger partial charge >= 0.3 is 0 Å². The average Bonchev–Trinajstić information content (AvgIpc) is 2.21. The molecule has 0 unspecified atom stereocenters. The van der Waals surface area contributed by atoms with E-state index in [1.165, 1.54) is 18.3 Å². The Morgan fingerprint density at radius 3 is 2.88 bits per heavy atom. The molecule has 0 saturated heterocycles. The van der Waals surface area contributed by atoms with Crippen LogP contribution in [0.4, 0.5) is 4.39 Å². The maximum atomic E-state index is 13.0. The quantitative estimate of drug-likeness (QED) is 0.474. The van der Waals surface area contributed by atoms with E-state index < -0.39 is 0 Å². The van der Waals surface area contributed by atoms with Crippen molar-refractivity contribution in [3.63, 3.8) is 0 Å². The molecule has 0 atom stereocenters. The number of hydrogen-bond donors (Lipinski definition) is 1. The maximum Gasteiger partial charge on any atom is 0.128 e. The second-order valence-electron chi connectivity index (χ2n) is 3.99. The minimum atomic E-state index is -0.328. The van der Waals surface area contributed by atoms with E-state index in [4.69, 9.17) is 10.6 Å². The number of halogens is 1. The van der Waals surface area contributed by atoms with Gasteiger partial charge < -0.3 is 10.6 Å². The largest absolute Gasteiger partial charge is 0.493 e. The van der Waals surface area contributed by atoms with Crippen molar-refractivity contribution in [1.29, 1.82) is 0 Å². The lowest BCUT2D eigenvalue weighted by molar-refractivity contribution is 0.289. The van der Waals surface area contributed by atoms with Crippen molar-refractivity contribution in [3.8, 4) is 5.75 Å². The molecule has 3 nitrogen and oxygen atoms in total. The Morgan fingerprint density at radius 1 is 1.50 bits per heavy atom. The summed E-state index contributed by atoms with van der Waals surface area (Å²) in [6.45, 7) is 4.85. The van der Waals surface area contributed by atoms with Crippen LogP contribution in [-0.2, 0) is 0 Å². The van der Waals surface area contributed by atoms with Gasteiger partial charge in [0.25, 0.3) is 0 Å². The van der Waals surface area contributed by atoms with Crippen molar-refractivity contribution in [3.05, 3.63) is 29.6 Å². The molecule has 1 aromatic rings. The van der Waals surface area contributed by atoms with E-state index in [2.05, 4.69) is 18.9 Å². The molecular formula is C12H17FN2O. The Balaban J connectivity index is 2.70. The molecule has 0 spiro atoms. The topological polar surface area (TPSA) is 47.6 Å². The zero-order chi connectivity index (χ0) is 12.0. The van der Waals surface area contributed by atoms with Crippen molar-refractivity contribution in [1.82, 2.24) is 0 Å². The van der Waals surface area contributed by atoms with E-state index in [1.54, 1.807) is 6.07 Å². The summed E-state index contributed by atoms with van der Waals surface area (Å²) >= 11 is 0. The van der Waals surface area contributed by atoms with Gasteiger partial charge in [-0.3, -0.25) is 0 Å². The summed E-state index contributed by atoms with van der Waals surface area (Å²) in [7, 11) is 0. The maximum absolute atomic E-state index is 13.0. The highest BCUT2D eigenvalue weighted by Crippen LogP contribution is 2.18. The van der Waals surface area contributed by atoms with Gasteiger partial charge in [0, 0.05) is 5.56 Å². The van der Waals surface area contributed by atoms with Gasteiger partial charge in [-0.05, 0) is 30.5 Å². The number of benzene rings is 1. The first-order valence-corrected chi connectivity index (χ1v) is 5.29. The third kappa shape index (κ3) is 3.88. The van der Waals surface area contributed by atoms with Gasteiger partial charge in [0.05, 0.1) is 12.8 Å². The van der Waals surface area contributed by atoms with Crippen molar-refractivity contribution in [2.75, 3.05) is 6.61 Å².